The predicted octanol–water partition coefficient (Wildman–Crippen LogP) is 4.52. The van der Waals surface area contributed by atoms with Crippen molar-refractivity contribution >= 4 is 12.0 Å². The second-order valence-corrected chi connectivity index (χ2v) is 9.40. The summed E-state index contributed by atoms with van der Waals surface area (Å²) < 4.78 is 10.6. The molecule has 2 aliphatic rings. The number of carbonyl (C=O) groups excluding carboxylic acids is 2. The number of rotatable bonds is 7. The number of amides is 2. The van der Waals surface area contributed by atoms with Crippen molar-refractivity contribution in [2.75, 3.05) is 20.3 Å². The Hall–Kier alpha value is -2.86. The largest absolute Gasteiger partial charge is 0.497 e. The van der Waals surface area contributed by atoms with Gasteiger partial charge in [-0.3, -0.25) is 9.69 Å². The number of ether oxygens (including phenoxy) is 2. The number of piperidine rings is 1. The van der Waals surface area contributed by atoms with Crippen molar-refractivity contribution in [2.45, 2.75) is 51.7 Å². The first kappa shape index (κ1) is 23.3. The molecule has 33 heavy (non-hydrogen) atoms. The highest BCUT2D eigenvalue weighted by Crippen LogP contribution is 2.33. The summed E-state index contributed by atoms with van der Waals surface area (Å²) in [5.74, 6) is 1.58. The standard InChI is InChI=1S/C27H34N2O4/c1-19-13-14-28(17-22-9-11-24(32-3)12-10-22)25(20(19)2)16-26(30)29-23(18-33-27(29)31)15-21-7-5-4-6-8-21/h4-12,19-20,23,25H,13-18H2,1-3H3/t19-,20+,23+,25+/m1/s1. The zero-order valence-electron chi connectivity index (χ0n) is 19.8. The maximum atomic E-state index is 13.4. The summed E-state index contributed by atoms with van der Waals surface area (Å²) >= 11 is 0. The first-order chi connectivity index (χ1) is 16.0. The van der Waals surface area contributed by atoms with E-state index in [0.717, 1.165) is 30.8 Å². The van der Waals surface area contributed by atoms with E-state index >= 15 is 0 Å². The number of methoxy groups -OCH3 is 1. The number of carbonyl (C=O) groups is 2. The number of cyclic esters (lactones) is 1. The number of imide groups is 1. The van der Waals surface area contributed by atoms with Crippen molar-refractivity contribution in [3.63, 3.8) is 0 Å². The SMILES string of the molecule is COc1ccc(CN2CC[C@@H](C)[C@H](C)[C@@H]2CC(=O)N2C(=O)OC[C@@H]2Cc2ccccc2)cc1. The molecule has 0 spiro atoms. The zero-order chi connectivity index (χ0) is 23.4. The van der Waals surface area contributed by atoms with Gasteiger partial charge in [-0.25, -0.2) is 9.69 Å². The molecule has 0 aromatic heterocycles. The molecule has 6 heteroatoms. The van der Waals surface area contributed by atoms with Crippen LogP contribution in [0.3, 0.4) is 0 Å². The molecule has 6 nitrogen and oxygen atoms in total. The van der Waals surface area contributed by atoms with Crippen molar-refractivity contribution in [1.82, 2.24) is 9.80 Å². The molecule has 0 N–H and O–H groups in total. The lowest BCUT2D eigenvalue weighted by molar-refractivity contribution is -0.131. The lowest BCUT2D eigenvalue weighted by atomic mass is 9.80. The van der Waals surface area contributed by atoms with Crippen LogP contribution in [0.25, 0.3) is 0 Å². The summed E-state index contributed by atoms with van der Waals surface area (Å²) in [7, 11) is 1.67. The fourth-order valence-electron chi connectivity index (χ4n) is 5.07. The highest BCUT2D eigenvalue weighted by Gasteiger charge is 2.41. The smallest absolute Gasteiger partial charge is 0.416 e. The van der Waals surface area contributed by atoms with Crippen molar-refractivity contribution in [3.05, 3.63) is 65.7 Å². The van der Waals surface area contributed by atoms with Gasteiger partial charge in [-0.05, 0) is 54.5 Å². The third kappa shape index (κ3) is 5.38. The van der Waals surface area contributed by atoms with Gasteiger partial charge in [0.05, 0.1) is 13.2 Å². The summed E-state index contributed by atoms with van der Waals surface area (Å²) in [5.41, 5.74) is 2.29. The minimum Gasteiger partial charge on any atom is -0.497 e. The van der Waals surface area contributed by atoms with E-state index in [-0.39, 0.29) is 24.6 Å². The summed E-state index contributed by atoms with van der Waals surface area (Å²) in [5, 5.41) is 0. The molecule has 0 unspecified atom stereocenters. The predicted molar refractivity (Wildman–Crippen MR) is 127 cm³/mol. The Morgan fingerprint density at radius 3 is 2.48 bits per heavy atom. The normalized spacial score (nSPS) is 25.7. The average molecular weight is 451 g/mol. The van der Waals surface area contributed by atoms with E-state index in [1.807, 2.05) is 42.5 Å². The Kier molecular flexibility index (Phi) is 7.33. The van der Waals surface area contributed by atoms with Gasteiger partial charge in [-0.1, -0.05) is 56.3 Å². The fraction of sp³-hybridized carbons (Fsp3) is 0.481. The molecule has 2 aliphatic heterocycles. The molecule has 2 amide bonds. The van der Waals surface area contributed by atoms with Gasteiger partial charge in [-0.2, -0.15) is 0 Å². The highest BCUT2D eigenvalue weighted by molar-refractivity contribution is 5.93. The third-order valence-electron chi connectivity index (χ3n) is 7.32. The first-order valence-corrected chi connectivity index (χ1v) is 11.9. The zero-order valence-corrected chi connectivity index (χ0v) is 19.8. The van der Waals surface area contributed by atoms with Crippen LogP contribution >= 0.6 is 0 Å². The van der Waals surface area contributed by atoms with Crippen molar-refractivity contribution in [1.29, 1.82) is 0 Å². The molecule has 0 bridgehead atoms. The number of likely N-dealkylation sites (tertiary alicyclic amines) is 1. The summed E-state index contributed by atoms with van der Waals surface area (Å²) in [6.45, 7) is 6.46. The molecule has 4 atom stereocenters. The number of hydrogen-bond acceptors (Lipinski definition) is 5. The number of nitrogens with zero attached hydrogens (tertiary/aromatic N) is 2. The van der Waals surface area contributed by atoms with E-state index in [4.69, 9.17) is 9.47 Å². The minimum absolute atomic E-state index is 0.0779. The maximum Gasteiger partial charge on any atom is 0.416 e. The Labute approximate surface area is 196 Å². The van der Waals surface area contributed by atoms with E-state index in [2.05, 4.69) is 30.9 Å². The average Bonchev–Trinajstić information content (AvgIpc) is 3.19. The molecule has 2 saturated heterocycles. The lowest BCUT2D eigenvalue weighted by Crippen LogP contribution is -2.50. The Bertz CT molecular complexity index is 946. The summed E-state index contributed by atoms with van der Waals surface area (Å²) in [6.07, 6.45) is 1.52. The van der Waals surface area contributed by atoms with Crippen LogP contribution in [0.2, 0.25) is 0 Å². The summed E-state index contributed by atoms with van der Waals surface area (Å²) in [4.78, 5) is 29.7. The molecule has 0 saturated carbocycles. The Balaban J connectivity index is 1.47. The van der Waals surface area contributed by atoms with Crippen LogP contribution in [0.15, 0.2) is 54.6 Å². The molecule has 2 fully saturated rings. The molecule has 2 heterocycles. The highest BCUT2D eigenvalue weighted by atomic mass is 16.6. The minimum atomic E-state index is -0.515. The number of hydrogen-bond donors (Lipinski definition) is 0. The van der Waals surface area contributed by atoms with Crippen LogP contribution in [0.5, 0.6) is 5.75 Å². The topological polar surface area (TPSA) is 59.1 Å². The molecule has 2 aromatic carbocycles. The maximum absolute atomic E-state index is 13.4. The second kappa shape index (κ2) is 10.4. The monoisotopic (exact) mass is 450 g/mol. The number of benzene rings is 2. The van der Waals surface area contributed by atoms with E-state index in [1.54, 1.807) is 7.11 Å². The van der Waals surface area contributed by atoms with Gasteiger partial charge in [0.15, 0.2) is 0 Å². The van der Waals surface area contributed by atoms with Crippen molar-refractivity contribution in [2.24, 2.45) is 11.8 Å². The van der Waals surface area contributed by atoms with Gasteiger partial charge in [-0.15, -0.1) is 0 Å². The van der Waals surface area contributed by atoms with Crippen molar-refractivity contribution in [3.8, 4) is 5.75 Å². The molecule has 2 aromatic rings. The van der Waals surface area contributed by atoms with E-state index in [9.17, 15) is 9.59 Å². The van der Waals surface area contributed by atoms with Gasteiger partial charge in [0, 0.05) is 19.0 Å². The van der Waals surface area contributed by atoms with Crippen LogP contribution in [-0.4, -0.2) is 54.1 Å². The van der Waals surface area contributed by atoms with Crippen LogP contribution in [-0.2, 0) is 22.5 Å². The van der Waals surface area contributed by atoms with Gasteiger partial charge in [0.1, 0.15) is 12.4 Å². The van der Waals surface area contributed by atoms with E-state index < -0.39 is 6.09 Å². The van der Waals surface area contributed by atoms with E-state index in [0.29, 0.717) is 24.7 Å². The summed E-state index contributed by atoms with van der Waals surface area (Å²) in [6, 6.07) is 17.9. The molecule has 0 radical (unpaired) electrons. The second-order valence-electron chi connectivity index (χ2n) is 9.40. The van der Waals surface area contributed by atoms with Gasteiger partial charge in [0.25, 0.3) is 0 Å². The molecular weight excluding hydrogens is 416 g/mol. The van der Waals surface area contributed by atoms with Gasteiger partial charge >= 0.3 is 6.09 Å². The Morgan fingerprint density at radius 2 is 1.79 bits per heavy atom. The molecule has 0 aliphatic carbocycles. The first-order valence-electron chi connectivity index (χ1n) is 11.9. The van der Waals surface area contributed by atoms with Gasteiger partial charge < -0.3 is 9.47 Å². The lowest BCUT2D eigenvalue weighted by Gasteiger charge is -2.43. The quantitative estimate of drug-likeness (QED) is 0.621. The van der Waals surface area contributed by atoms with Crippen LogP contribution < -0.4 is 4.74 Å². The van der Waals surface area contributed by atoms with Crippen molar-refractivity contribution < 1.29 is 19.1 Å². The molecular formula is C27H34N2O4. The third-order valence-corrected chi connectivity index (χ3v) is 7.32. The fourth-order valence-corrected chi connectivity index (χ4v) is 5.07. The van der Waals surface area contributed by atoms with Crippen LogP contribution in [0, 0.1) is 11.8 Å². The molecule has 4 rings (SSSR count). The van der Waals surface area contributed by atoms with Gasteiger partial charge in [0.2, 0.25) is 5.91 Å². The molecule has 176 valence electrons. The Morgan fingerprint density at radius 1 is 1.06 bits per heavy atom. The van der Waals surface area contributed by atoms with Crippen LogP contribution in [0.4, 0.5) is 4.79 Å². The van der Waals surface area contributed by atoms with E-state index in [1.165, 1.54) is 10.5 Å². The van der Waals surface area contributed by atoms with Crippen LogP contribution in [0.1, 0.15) is 37.8 Å².